The average molecular weight is 546 g/mol. The lowest BCUT2D eigenvalue weighted by atomic mass is 9.41. The highest BCUT2D eigenvalue weighted by Crippen LogP contribution is 2.73. The van der Waals surface area contributed by atoms with Gasteiger partial charge in [0.1, 0.15) is 12.2 Å². The van der Waals surface area contributed by atoms with Gasteiger partial charge in [0.15, 0.2) is 10.9 Å². The number of hydroxylamine groups is 1. The summed E-state index contributed by atoms with van der Waals surface area (Å²) in [6.45, 7) is 8.06. The Morgan fingerprint density at radius 3 is 2.58 bits per heavy atom. The van der Waals surface area contributed by atoms with Crippen molar-refractivity contribution in [3.8, 4) is 0 Å². The van der Waals surface area contributed by atoms with E-state index in [2.05, 4.69) is 6.92 Å². The first-order chi connectivity index (χ1) is 17.9. The zero-order valence-electron chi connectivity index (χ0n) is 22.4. The van der Waals surface area contributed by atoms with Crippen molar-refractivity contribution in [2.24, 2.45) is 39.9 Å². The lowest BCUT2D eigenvalue weighted by molar-refractivity contribution is -0.169. The molecule has 0 heterocycles. The summed E-state index contributed by atoms with van der Waals surface area (Å²) in [7, 11) is 0. The molecule has 38 heavy (non-hydrogen) atoms. The molecule has 4 aliphatic rings. The number of hydrogen-bond acceptors (Lipinski definition) is 6. The summed E-state index contributed by atoms with van der Waals surface area (Å²) in [6, 6.07) is 6.59. The number of anilines is 1. The van der Waals surface area contributed by atoms with E-state index in [0.717, 1.165) is 5.56 Å². The third-order valence-electron chi connectivity index (χ3n) is 10.7. The van der Waals surface area contributed by atoms with Gasteiger partial charge in [-0.25, -0.2) is 8.78 Å². The van der Waals surface area contributed by atoms with E-state index in [9.17, 15) is 24.3 Å². The Balaban J connectivity index is 1.57. The molecule has 0 radical (unpaired) electrons. The van der Waals surface area contributed by atoms with E-state index in [0.29, 0.717) is 35.9 Å². The maximum atomic E-state index is 15.8. The number of thioether (sulfide) groups is 1. The minimum Gasteiger partial charge on any atom is -0.393 e. The van der Waals surface area contributed by atoms with Crippen molar-refractivity contribution in [1.82, 2.24) is 0 Å². The van der Waals surface area contributed by atoms with Crippen molar-refractivity contribution >= 4 is 28.3 Å². The Kier molecular flexibility index (Phi) is 6.93. The van der Waals surface area contributed by atoms with Crippen LogP contribution in [0, 0.1) is 46.8 Å². The number of aliphatic hydroxyl groups is 1. The maximum absolute atomic E-state index is 15.8. The molecule has 5 nitrogen and oxygen atoms in total. The van der Waals surface area contributed by atoms with Crippen LogP contribution in [-0.4, -0.2) is 46.0 Å². The highest BCUT2D eigenvalue weighted by atomic mass is 32.2. The molecule has 8 heteroatoms. The number of ketones is 1. The summed E-state index contributed by atoms with van der Waals surface area (Å²) >= 11 is 0.641. The molecule has 206 valence electrons. The lowest BCUT2D eigenvalue weighted by Crippen LogP contribution is -2.62. The molecule has 4 aliphatic carbocycles. The largest absolute Gasteiger partial charge is 0.393 e. The number of nitrogens with zero attached hydrogens (tertiary/aromatic N) is 1. The number of para-hydroxylation sites is 1. The lowest BCUT2D eigenvalue weighted by Gasteiger charge is -2.63. The number of carbonyl (C=O) groups is 2. The summed E-state index contributed by atoms with van der Waals surface area (Å²) in [4.78, 5) is 25.6. The van der Waals surface area contributed by atoms with Gasteiger partial charge in [-0.15, -0.1) is 0 Å². The maximum Gasteiger partial charge on any atom is 0.195 e. The fraction of sp³-hybridized carbons (Fsp3) is 0.600. The third kappa shape index (κ3) is 3.93. The minimum absolute atomic E-state index is 0.154. The monoisotopic (exact) mass is 545 g/mol. The first-order valence-corrected chi connectivity index (χ1v) is 14.4. The minimum atomic E-state index is -1.34. The first-order valence-electron chi connectivity index (χ1n) is 13.4. The van der Waals surface area contributed by atoms with Crippen LogP contribution >= 0.6 is 11.8 Å². The second-order valence-corrected chi connectivity index (χ2v) is 13.4. The van der Waals surface area contributed by atoms with Gasteiger partial charge in [-0.2, -0.15) is 0 Å². The molecule has 1 aromatic carbocycles. The number of rotatable bonds is 5. The molecule has 1 aromatic rings. The Morgan fingerprint density at radius 2 is 1.89 bits per heavy atom. The Labute approximate surface area is 227 Å². The quantitative estimate of drug-likeness (QED) is 0.453. The summed E-state index contributed by atoms with van der Waals surface area (Å²) in [6.07, 6.45) is 3.44. The van der Waals surface area contributed by atoms with Gasteiger partial charge in [0, 0.05) is 23.8 Å². The van der Waals surface area contributed by atoms with E-state index in [1.54, 1.807) is 6.08 Å². The Bertz CT molecular complexity index is 1200. The van der Waals surface area contributed by atoms with Crippen molar-refractivity contribution in [3.05, 3.63) is 53.6 Å². The summed E-state index contributed by atoms with van der Waals surface area (Å²) in [5.41, 5.74) is -0.142. The van der Waals surface area contributed by atoms with Crippen LogP contribution in [0.3, 0.4) is 0 Å². The number of fused-ring (bicyclic) bond motifs is 5. The fourth-order valence-electron chi connectivity index (χ4n) is 8.89. The highest BCUT2D eigenvalue weighted by molar-refractivity contribution is 8.13. The van der Waals surface area contributed by atoms with E-state index >= 15 is 4.39 Å². The van der Waals surface area contributed by atoms with Crippen LogP contribution in [0.1, 0.15) is 45.6 Å². The molecular weight excluding hydrogens is 508 g/mol. The molecule has 0 spiro atoms. The number of benzene rings is 1. The third-order valence-corrected chi connectivity index (χ3v) is 11.4. The topological polar surface area (TPSA) is 77.8 Å². The van der Waals surface area contributed by atoms with Crippen molar-refractivity contribution in [2.45, 2.75) is 59.2 Å². The molecule has 5 rings (SSSR count). The number of alkyl halides is 2. The van der Waals surface area contributed by atoms with Crippen molar-refractivity contribution < 1.29 is 28.7 Å². The molecule has 9 unspecified atom stereocenters. The van der Waals surface area contributed by atoms with Gasteiger partial charge in [0.05, 0.1) is 11.8 Å². The fourth-order valence-corrected chi connectivity index (χ4v) is 9.63. The first kappa shape index (κ1) is 27.5. The number of aryl methyl sites for hydroxylation is 1. The number of halogens is 2. The normalized spacial score (nSPS) is 41.7. The predicted molar refractivity (Wildman–Crippen MR) is 144 cm³/mol. The van der Waals surface area contributed by atoms with Crippen LogP contribution < -0.4 is 5.06 Å². The van der Waals surface area contributed by atoms with Gasteiger partial charge in [0.2, 0.25) is 0 Å². The summed E-state index contributed by atoms with van der Waals surface area (Å²) < 4.78 is 29.3. The standard InChI is InChI=1S/C30H37F2NO4S/c1-17-7-5-6-8-23(17)33(37)15-18-13-29(3)21-12-22(32)20-11-19(34)9-10-28(20,2)26(21)24(35)14-30(29,4)25(18)27(36)38-16-31/h5-11,18,21-22,24-26,35,37H,12-16H2,1-4H3. The van der Waals surface area contributed by atoms with E-state index in [1.807, 2.05) is 45.0 Å². The number of aliphatic hydroxyl groups excluding tert-OH is 1. The number of hydrogen-bond donors (Lipinski definition) is 2. The van der Waals surface area contributed by atoms with Crippen LogP contribution in [0.4, 0.5) is 14.5 Å². The van der Waals surface area contributed by atoms with Crippen molar-refractivity contribution in [3.63, 3.8) is 0 Å². The van der Waals surface area contributed by atoms with Gasteiger partial charge in [-0.3, -0.25) is 19.9 Å². The number of carbonyl (C=O) groups excluding carboxylic acids is 2. The molecule has 0 aliphatic heterocycles. The molecule has 3 fully saturated rings. The van der Waals surface area contributed by atoms with Gasteiger partial charge in [0.25, 0.3) is 0 Å². The molecule has 3 saturated carbocycles. The number of allylic oxidation sites excluding steroid dienone is 4. The Morgan fingerprint density at radius 1 is 1.18 bits per heavy atom. The zero-order chi connectivity index (χ0) is 27.6. The molecule has 9 atom stereocenters. The zero-order valence-corrected chi connectivity index (χ0v) is 23.2. The van der Waals surface area contributed by atoms with Gasteiger partial charge in [-0.1, -0.05) is 56.8 Å². The molecule has 0 saturated heterocycles. The Hall–Kier alpha value is -2.03. The molecule has 2 N–H and O–H groups in total. The van der Waals surface area contributed by atoms with Crippen LogP contribution in [-0.2, 0) is 9.59 Å². The average Bonchev–Trinajstić information content (AvgIpc) is 3.06. The smallest absolute Gasteiger partial charge is 0.195 e. The van der Waals surface area contributed by atoms with Gasteiger partial charge >= 0.3 is 0 Å². The van der Waals surface area contributed by atoms with Crippen molar-refractivity contribution in [1.29, 1.82) is 0 Å². The molecular formula is C30H37F2NO4S. The summed E-state index contributed by atoms with van der Waals surface area (Å²) in [5, 5.41) is 23.7. The predicted octanol–water partition coefficient (Wildman–Crippen LogP) is 5.84. The molecule has 0 bridgehead atoms. The van der Waals surface area contributed by atoms with Crippen LogP contribution in [0.25, 0.3) is 0 Å². The summed E-state index contributed by atoms with van der Waals surface area (Å²) in [5.74, 6) is -1.78. The van der Waals surface area contributed by atoms with E-state index < -0.39 is 40.4 Å². The van der Waals surface area contributed by atoms with E-state index in [4.69, 9.17) is 0 Å². The highest BCUT2D eigenvalue weighted by Gasteiger charge is 2.71. The van der Waals surface area contributed by atoms with Crippen LogP contribution in [0.15, 0.2) is 48.1 Å². The van der Waals surface area contributed by atoms with Crippen LogP contribution in [0.2, 0.25) is 0 Å². The molecule has 0 aromatic heterocycles. The van der Waals surface area contributed by atoms with Crippen molar-refractivity contribution in [2.75, 3.05) is 17.6 Å². The molecule has 0 amide bonds. The van der Waals surface area contributed by atoms with Gasteiger partial charge in [-0.05, 0) is 78.2 Å². The van der Waals surface area contributed by atoms with E-state index in [1.165, 1.54) is 17.2 Å². The van der Waals surface area contributed by atoms with E-state index in [-0.39, 0.29) is 41.6 Å². The SMILES string of the molecule is Cc1ccccc1N(O)CC1CC2(C)C3CC(F)C4=CC(=O)C=CC4(C)C3C(O)CC2(C)C1C(=O)SCF. The second-order valence-electron chi connectivity index (χ2n) is 12.4. The van der Waals surface area contributed by atoms with Crippen LogP contribution in [0.5, 0.6) is 0 Å². The second kappa shape index (κ2) is 9.56. The van der Waals surface area contributed by atoms with Gasteiger partial charge < -0.3 is 5.11 Å².